The Morgan fingerprint density at radius 2 is 1.76 bits per heavy atom. The lowest BCUT2D eigenvalue weighted by atomic mass is 10.0. The highest BCUT2D eigenvalue weighted by atomic mass is 35.5. The number of halogens is 1. The van der Waals surface area contributed by atoms with Gasteiger partial charge in [0, 0.05) is 24.7 Å². The molecule has 1 aromatic rings. The van der Waals surface area contributed by atoms with Gasteiger partial charge in [-0.1, -0.05) is 23.7 Å². The smallest absolute Gasteiger partial charge is 0.277 e. The van der Waals surface area contributed by atoms with Gasteiger partial charge in [0.25, 0.3) is 11.8 Å². The summed E-state index contributed by atoms with van der Waals surface area (Å²) >= 11 is 5.98. The van der Waals surface area contributed by atoms with Gasteiger partial charge in [0.1, 0.15) is 5.70 Å². The summed E-state index contributed by atoms with van der Waals surface area (Å²) in [6, 6.07) is 7.14. The van der Waals surface area contributed by atoms with Gasteiger partial charge in [-0.25, -0.2) is 0 Å². The zero-order valence-corrected chi connectivity index (χ0v) is 14.8. The molecule has 3 aliphatic rings. The van der Waals surface area contributed by atoms with Crippen molar-refractivity contribution < 1.29 is 14.3 Å². The van der Waals surface area contributed by atoms with E-state index < -0.39 is 0 Å². The third kappa shape index (κ3) is 3.07. The van der Waals surface area contributed by atoms with E-state index in [4.69, 9.17) is 16.3 Å². The molecule has 1 aromatic carbocycles. The molecule has 0 spiro atoms. The number of ether oxygens (including phenoxy) is 1. The van der Waals surface area contributed by atoms with Crippen molar-refractivity contribution in [1.82, 2.24) is 9.80 Å². The minimum absolute atomic E-state index is 0.0442. The van der Waals surface area contributed by atoms with Gasteiger partial charge in [-0.05, 0) is 43.4 Å². The molecule has 0 bridgehead atoms. The zero-order chi connectivity index (χ0) is 17.4. The number of rotatable bonds is 4. The van der Waals surface area contributed by atoms with Gasteiger partial charge >= 0.3 is 0 Å². The predicted octanol–water partition coefficient (Wildman–Crippen LogP) is 2.69. The average Bonchev–Trinajstić information content (AvgIpc) is 3.34. The van der Waals surface area contributed by atoms with Crippen LogP contribution in [-0.4, -0.2) is 54.0 Å². The molecule has 0 saturated carbocycles. The molecule has 2 fully saturated rings. The van der Waals surface area contributed by atoms with Gasteiger partial charge in [-0.3, -0.25) is 14.5 Å². The monoisotopic (exact) mass is 360 g/mol. The maximum absolute atomic E-state index is 13.1. The summed E-state index contributed by atoms with van der Waals surface area (Å²) in [6.07, 6.45) is 3.93. The Morgan fingerprint density at radius 3 is 2.40 bits per heavy atom. The van der Waals surface area contributed by atoms with Crippen molar-refractivity contribution in [2.45, 2.75) is 31.8 Å². The number of carbonyl (C=O) groups excluding carboxylic acids is 2. The van der Waals surface area contributed by atoms with Crippen molar-refractivity contribution in [3.8, 4) is 0 Å². The van der Waals surface area contributed by atoms with Crippen molar-refractivity contribution in [3.63, 3.8) is 0 Å². The molecule has 25 heavy (non-hydrogen) atoms. The first-order valence-corrected chi connectivity index (χ1v) is 9.26. The Morgan fingerprint density at radius 1 is 1.04 bits per heavy atom. The lowest BCUT2D eigenvalue weighted by Crippen LogP contribution is -2.39. The highest BCUT2D eigenvalue weighted by Crippen LogP contribution is 2.34. The third-order valence-corrected chi connectivity index (χ3v) is 5.36. The Balaban J connectivity index is 1.70. The van der Waals surface area contributed by atoms with Crippen LogP contribution in [0.2, 0.25) is 5.02 Å². The van der Waals surface area contributed by atoms with E-state index in [9.17, 15) is 9.59 Å². The number of benzene rings is 1. The van der Waals surface area contributed by atoms with E-state index in [0.717, 1.165) is 44.3 Å². The molecule has 0 aliphatic carbocycles. The molecule has 2 amide bonds. The van der Waals surface area contributed by atoms with Crippen molar-refractivity contribution in [2.75, 3.05) is 26.2 Å². The fourth-order valence-electron chi connectivity index (χ4n) is 3.83. The summed E-state index contributed by atoms with van der Waals surface area (Å²) in [4.78, 5) is 29.6. The maximum Gasteiger partial charge on any atom is 0.277 e. The van der Waals surface area contributed by atoms with Crippen molar-refractivity contribution in [1.29, 1.82) is 0 Å². The van der Waals surface area contributed by atoms with Crippen molar-refractivity contribution in [2.24, 2.45) is 0 Å². The molecule has 0 radical (unpaired) electrons. The molecule has 4 rings (SSSR count). The molecule has 1 atom stereocenters. The van der Waals surface area contributed by atoms with E-state index in [1.165, 1.54) is 4.90 Å². The molecule has 2 saturated heterocycles. The van der Waals surface area contributed by atoms with Gasteiger partial charge in [0.15, 0.2) is 0 Å². The fraction of sp³-hybridized carbons (Fsp3) is 0.474. The van der Waals surface area contributed by atoms with Crippen molar-refractivity contribution >= 4 is 29.0 Å². The summed E-state index contributed by atoms with van der Waals surface area (Å²) in [5.41, 5.74) is 1.80. The number of nitrogens with zero attached hydrogens (tertiary/aromatic N) is 2. The van der Waals surface area contributed by atoms with Crippen LogP contribution < -0.4 is 0 Å². The van der Waals surface area contributed by atoms with Gasteiger partial charge in [0.2, 0.25) is 0 Å². The van der Waals surface area contributed by atoms with Gasteiger partial charge in [0.05, 0.1) is 18.2 Å². The quantitative estimate of drug-likeness (QED) is 0.775. The molecular weight excluding hydrogens is 340 g/mol. The molecule has 0 N–H and O–H groups in total. The van der Waals surface area contributed by atoms with Gasteiger partial charge < -0.3 is 9.64 Å². The SMILES string of the molecule is O=C1C(c2ccc(Cl)cc2)=C(N2CCCC2)C(=O)N1CC1CCCO1. The van der Waals surface area contributed by atoms with Crippen LogP contribution >= 0.6 is 11.6 Å². The number of imide groups is 1. The van der Waals surface area contributed by atoms with E-state index in [0.29, 0.717) is 29.4 Å². The normalized spacial score (nSPS) is 24.1. The topological polar surface area (TPSA) is 49.9 Å². The Kier molecular flexibility index (Phi) is 4.52. The maximum atomic E-state index is 13.1. The van der Waals surface area contributed by atoms with E-state index in [1.54, 1.807) is 12.1 Å². The van der Waals surface area contributed by atoms with Crippen LogP contribution in [0.1, 0.15) is 31.2 Å². The van der Waals surface area contributed by atoms with Crippen LogP contribution in [-0.2, 0) is 14.3 Å². The van der Waals surface area contributed by atoms with Crippen LogP contribution in [0.25, 0.3) is 5.57 Å². The van der Waals surface area contributed by atoms with E-state index >= 15 is 0 Å². The van der Waals surface area contributed by atoms with E-state index in [2.05, 4.69) is 4.90 Å². The van der Waals surface area contributed by atoms with Crippen LogP contribution in [0.4, 0.5) is 0 Å². The molecule has 5 nitrogen and oxygen atoms in total. The van der Waals surface area contributed by atoms with Gasteiger partial charge in [-0.2, -0.15) is 0 Å². The molecular formula is C19H21ClN2O3. The second kappa shape index (κ2) is 6.81. The molecule has 1 unspecified atom stereocenters. The lowest BCUT2D eigenvalue weighted by Gasteiger charge is -2.21. The molecule has 3 heterocycles. The van der Waals surface area contributed by atoms with Crippen LogP contribution in [0.3, 0.4) is 0 Å². The first-order valence-electron chi connectivity index (χ1n) is 8.88. The summed E-state index contributed by atoms with van der Waals surface area (Å²) < 4.78 is 5.63. The molecule has 3 aliphatic heterocycles. The Labute approximate surface area is 152 Å². The number of hydrogen-bond acceptors (Lipinski definition) is 4. The Hall–Kier alpha value is -1.85. The third-order valence-electron chi connectivity index (χ3n) is 5.11. The molecule has 0 aromatic heterocycles. The fourth-order valence-corrected chi connectivity index (χ4v) is 3.96. The van der Waals surface area contributed by atoms with Crippen LogP contribution in [0.5, 0.6) is 0 Å². The molecule has 132 valence electrons. The second-order valence-electron chi connectivity index (χ2n) is 6.78. The van der Waals surface area contributed by atoms with E-state index in [1.807, 2.05) is 12.1 Å². The summed E-state index contributed by atoms with van der Waals surface area (Å²) in [7, 11) is 0. The van der Waals surface area contributed by atoms with E-state index in [-0.39, 0.29) is 17.9 Å². The van der Waals surface area contributed by atoms with Gasteiger partial charge in [-0.15, -0.1) is 0 Å². The van der Waals surface area contributed by atoms with Crippen LogP contribution in [0, 0.1) is 0 Å². The number of carbonyl (C=O) groups is 2. The summed E-state index contributed by atoms with van der Waals surface area (Å²) in [6.45, 7) is 2.68. The second-order valence-corrected chi connectivity index (χ2v) is 7.22. The first-order chi connectivity index (χ1) is 12.1. The Bertz CT molecular complexity index is 717. The highest BCUT2D eigenvalue weighted by molar-refractivity contribution is 6.36. The number of likely N-dealkylation sites (tertiary alicyclic amines) is 1. The summed E-state index contributed by atoms with van der Waals surface area (Å²) in [5.74, 6) is -0.405. The minimum atomic E-state index is -0.218. The zero-order valence-electron chi connectivity index (χ0n) is 14.0. The predicted molar refractivity (Wildman–Crippen MR) is 94.9 cm³/mol. The average molecular weight is 361 g/mol. The lowest BCUT2D eigenvalue weighted by molar-refractivity contribution is -0.139. The first kappa shape index (κ1) is 16.6. The molecule has 6 heteroatoms. The van der Waals surface area contributed by atoms with Crippen molar-refractivity contribution in [3.05, 3.63) is 40.5 Å². The number of hydrogen-bond donors (Lipinski definition) is 0. The largest absolute Gasteiger partial charge is 0.376 e. The minimum Gasteiger partial charge on any atom is -0.376 e. The summed E-state index contributed by atoms with van der Waals surface area (Å²) in [5, 5.41) is 0.611. The number of amides is 2. The highest BCUT2D eigenvalue weighted by Gasteiger charge is 2.43. The standard InChI is InChI=1S/C19H21ClN2O3/c20-14-7-5-13(6-8-14)16-17(21-9-1-2-10-21)19(24)22(18(16)23)12-15-4-3-11-25-15/h5-8,15H,1-4,9-12H2. The van der Waals surface area contributed by atoms with Crippen LogP contribution in [0.15, 0.2) is 30.0 Å².